The van der Waals surface area contributed by atoms with E-state index in [2.05, 4.69) is 10.6 Å². The van der Waals surface area contributed by atoms with Gasteiger partial charge in [-0.2, -0.15) is 0 Å². The molecule has 1 atom stereocenters. The lowest BCUT2D eigenvalue weighted by molar-refractivity contribution is -0.137. The first-order valence-electron chi connectivity index (χ1n) is 6.70. The number of aryl methyl sites for hydroxylation is 1. The van der Waals surface area contributed by atoms with E-state index in [0.717, 1.165) is 11.1 Å². The van der Waals surface area contributed by atoms with E-state index in [-0.39, 0.29) is 24.4 Å². The van der Waals surface area contributed by atoms with Crippen LogP contribution in [0, 0.1) is 12.8 Å². The molecule has 5 heteroatoms. The minimum absolute atomic E-state index is 0.0651. The number of benzene rings is 1. The van der Waals surface area contributed by atoms with Gasteiger partial charge in [-0.1, -0.05) is 38.1 Å². The molecule has 0 aliphatic heterocycles. The summed E-state index contributed by atoms with van der Waals surface area (Å²) in [6, 6.07) is 7.09. The van der Waals surface area contributed by atoms with Gasteiger partial charge in [0.25, 0.3) is 0 Å². The van der Waals surface area contributed by atoms with Crippen LogP contribution in [0.15, 0.2) is 24.3 Å². The number of urea groups is 1. The fraction of sp³-hybridized carbons (Fsp3) is 0.467. The van der Waals surface area contributed by atoms with Crippen LogP contribution in [-0.2, 0) is 11.3 Å². The molecule has 1 rings (SSSR count). The van der Waals surface area contributed by atoms with Crippen molar-refractivity contribution < 1.29 is 14.7 Å². The molecular formula is C15H22N2O3. The van der Waals surface area contributed by atoms with Crippen LogP contribution in [0.1, 0.15) is 31.4 Å². The van der Waals surface area contributed by atoms with Crippen LogP contribution >= 0.6 is 0 Å². The molecule has 110 valence electrons. The molecule has 0 radical (unpaired) electrons. The van der Waals surface area contributed by atoms with Gasteiger partial charge >= 0.3 is 12.0 Å². The largest absolute Gasteiger partial charge is 0.481 e. The van der Waals surface area contributed by atoms with Crippen LogP contribution in [-0.4, -0.2) is 23.1 Å². The Morgan fingerprint density at radius 3 is 2.45 bits per heavy atom. The van der Waals surface area contributed by atoms with Crippen LogP contribution in [0.5, 0.6) is 0 Å². The third-order valence-corrected chi connectivity index (χ3v) is 3.22. The van der Waals surface area contributed by atoms with E-state index in [1.165, 1.54) is 0 Å². The summed E-state index contributed by atoms with van der Waals surface area (Å²) in [4.78, 5) is 22.6. The summed E-state index contributed by atoms with van der Waals surface area (Å²) < 4.78 is 0. The normalized spacial score (nSPS) is 12.0. The number of aliphatic carboxylic acids is 1. The van der Waals surface area contributed by atoms with Crippen molar-refractivity contribution in [2.24, 2.45) is 5.92 Å². The first kappa shape index (κ1) is 16.0. The fourth-order valence-electron chi connectivity index (χ4n) is 1.84. The molecule has 1 aromatic rings. The summed E-state index contributed by atoms with van der Waals surface area (Å²) in [6.45, 7) is 6.18. The van der Waals surface area contributed by atoms with E-state index in [1.807, 2.05) is 45.0 Å². The molecule has 0 saturated heterocycles. The first-order chi connectivity index (χ1) is 9.40. The third-order valence-electron chi connectivity index (χ3n) is 3.22. The summed E-state index contributed by atoms with van der Waals surface area (Å²) >= 11 is 0. The zero-order chi connectivity index (χ0) is 15.1. The molecule has 0 aliphatic carbocycles. The Balaban J connectivity index is 2.50. The van der Waals surface area contributed by atoms with Crippen molar-refractivity contribution in [3.8, 4) is 0 Å². The first-order valence-corrected chi connectivity index (χ1v) is 6.70. The number of carbonyl (C=O) groups excluding carboxylic acids is 1. The molecule has 0 spiro atoms. The molecule has 0 aliphatic rings. The highest BCUT2D eigenvalue weighted by molar-refractivity contribution is 5.75. The van der Waals surface area contributed by atoms with Crippen molar-refractivity contribution in [1.29, 1.82) is 0 Å². The molecule has 20 heavy (non-hydrogen) atoms. The number of amides is 2. The SMILES string of the molecule is Cc1ccccc1CNC(=O)NC(CC(=O)O)C(C)C. The van der Waals surface area contributed by atoms with Gasteiger partial charge in [-0.3, -0.25) is 4.79 Å². The van der Waals surface area contributed by atoms with Gasteiger partial charge in [0, 0.05) is 12.6 Å². The molecule has 0 aromatic heterocycles. The number of nitrogens with one attached hydrogen (secondary N) is 2. The molecule has 0 bridgehead atoms. The zero-order valence-electron chi connectivity index (χ0n) is 12.1. The zero-order valence-corrected chi connectivity index (χ0v) is 12.1. The van der Waals surface area contributed by atoms with Crippen LogP contribution in [0.2, 0.25) is 0 Å². The summed E-state index contributed by atoms with van der Waals surface area (Å²) in [5.41, 5.74) is 2.15. The number of hydrogen-bond acceptors (Lipinski definition) is 2. The molecule has 0 fully saturated rings. The van der Waals surface area contributed by atoms with E-state index in [1.54, 1.807) is 0 Å². The second kappa shape index (κ2) is 7.53. The Morgan fingerprint density at radius 1 is 1.25 bits per heavy atom. The van der Waals surface area contributed by atoms with Crippen molar-refractivity contribution in [3.63, 3.8) is 0 Å². The van der Waals surface area contributed by atoms with Crippen molar-refractivity contribution in [2.45, 2.75) is 39.8 Å². The summed E-state index contributed by atoms with van der Waals surface area (Å²) in [6.07, 6.45) is -0.0740. The van der Waals surface area contributed by atoms with Gasteiger partial charge in [0.2, 0.25) is 0 Å². The van der Waals surface area contributed by atoms with Crippen LogP contribution in [0.25, 0.3) is 0 Å². The van der Waals surface area contributed by atoms with Crippen LogP contribution in [0.3, 0.4) is 0 Å². The van der Waals surface area contributed by atoms with Crippen molar-refractivity contribution in [1.82, 2.24) is 10.6 Å². The molecule has 1 unspecified atom stereocenters. The summed E-state index contributed by atoms with van der Waals surface area (Å²) in [5, 5.41) is 14.3. The molecule has 0 saturated carbocycles. The smallest absolute Gasteiger partial charge is 0.315 e. The molecule has 1 aromatic carbocycles. The number of carboxylic acids is 1. The van der Waals surface area contributed by atoms with Crippen LogP contribution < -0.4 is 10.6 Å². The van der Waals surface area contributed by atoms with Gasteiger partial charge in [0.05, 0.1) is 6.42 Å². The van der Waals surface area contributed by atoms with Gasteiger partial charge in [0.1, 0.15) is 0 Å². The average molecular weight is 278 g/mol. The van der Waals surface area contributed by atoms with Crippen molar-refractivity contribution in [2.75, 3.05) is 0 Å². The lowest BCUT2D eigenvalue weighted by Crippen LogP contribution is -2.45. The van der Waals surface area contributed by atoms with Gasteiger partial charge in [-0.25, -0.2) is 4.79 Å². The molecule has 2 amide bonds. The Kier molecular flexibility index (Phi) is 6.03. The molecule has 3 N–H and O–H groups in total. The van der Waals surface area contributed by atoms with Gasteiger partial charge in [0.15, 0.2) is 0 Å². The maximum atomic E-state index is 11.8. The maximum absolute atomic E-state index is 11.8. The molecule has 0 heterocycles. The Hall–Kier alpha value is -2.04. The highest BCUT2D eigenvalue weighted by Gasteiger charge is 2.19. The van der Waals surface area contributed by atoms with Gasteiger partial charge < -0.3 is 15.7 Å². The molecular weight excluding hydrogens is 256 g/mol. The van der Waals surface area contributed by atoms with E-state index in [4.69, 9.17) is 5.11 Å². The van der Waals surface area contributed by atoms with Crippen molar-refractivity contribution in [3.05, 3.63) is 35.4 Å². The number of carboxylic acid groups (broad SMARTS) is 1. The summed E-state index contributed by atoms with van der Waals surface area (Å²) in [5.74, 6) is -0.849. The monoisotopic (exact) mass is 278 g/mol. The van der Waals surface area contributed by atoms with E-state index < -0.39 is 5.97 Å². The fourth-order valence-corrected chi connectivity index (χ4v) is 1.84. The number of carbonyl (C=O) groups is 2. The maximum Gasteiger partial charge on any atom is 0.315 e. The third kappa shape index (κ3) is 5.30. The minimum atomic E-state index is -0.914. The van der Waals surface area contributed by atoms with Gasteiger partial charge in [-0.15, -0.1) is 0 Å². The van der Waals surface area contributed by atoms with Crippen LogP contribution in [0.4, 0.5) is 4.79 Å². The Labute approximate surface area is 119 Å². The minimum Gasteiger partial charge on any atom is -0.481 e. The predicted molar refractivity (Wildman–Crippen MR) is 77.4 cm³/mol. The van der Waals surface area contributed by atoms with Crippen molar-refractivity contribution >= 4 is 12.0 Å². The predicted octanol–water partition coefficient (Wildman–Crippen LogP) is 2.29. The van der Waals surface area contributed by atoms with Gasteiger partial charge in [-0.05, 0) is 24.0 Å². The highest BCUT2D eigenvalue weighted by Crippen LogP contribution is 2.07. The molecule has 5 nitrogen and oxygen atoms in total. The average Bonchev–Trinajstić information content (AvgIpc) is 2.36. The standard InChI is InChI=1S/C15H22N2O3/c1-10(2)13(8-14(18)19)17-15(20)16-9-12-7-5-4-6-11(12)3/h4-7,10,13H,8-9H2,1-3H3,(H,18,19)(H2,16,17,20). The van der Waals surface area contributed by atoms with E-state index >= 15 is 0 Å². The Morgan fingerprint density at radius 2 is 1.90 bits per heavy atom. The van der Waals surface area contributed by atoms with E-state index in [9.17, 15) is 9.59 Å². The lowest BCUT2D eigenvalue weighted by atomic mass is 10.0. The second-order valence-corrected chi connectivity index (χ2v) is 5.20. The quantitative estimate of drug-likeness (QED) is 0.747. The second-order valence-electron chi connectivity index (χ2n) is 5.20. The van der Waals surface area contributed by atoms with E-state index in [0.29, 0.717) is 6.54 Å². The number of hydrogen-bond donors (Lipinski definition) is 3. The Bertz CT molecular complexity index is 472. The topological polar surface area (TPSA) is 78.4 Å². The summed E-state index contributed by atoms with van der Waals surface area (Å²) in [7, 11) is 0. The number of rotatable bonds is 6. The highest BCUT2D eigenvalue weighted by atomic mass is 16.4. The lowest BCUT2D eigenvalue weighted by Gasteiger charge is -2.21.